The van der Waals surface area contributed by atoms with E-state index < -0.39 is 5.97 Å². The van der Waals surface area contributed by atoms with Crippen LogP contribution in [0.2, 0.25) is 5.02 Å². The highest BCUT2D eigenvalue weighted by molar-refractivity contribution is 6.30. The summed E-state index contributed by atoms with van der Waals surface area (Å²) in [6, 6.07) is 18.4. The lowest BCUT2D eigenvalue weighted by Crippen LogP contribution is -2.18. The maximum atomic E-state index is 12.7. The molecule has 0 fully saturated rings. The highest BCUT2D eigenvalue weighted by Crippen LogP contribution is 2.34. The van der Waals surface area contributed by atoms with Crippen LogP contribution in [0.5, 0.6) is 0 Å². The van der Waals surface area contributed by atoms with Crippen molar-refractivity contribution in [3.63, 3.8) is 0 Å². The predicted octanol–water partition coefficient (Wildman–Crippen LogP) is 4.12. The summed E-state index contributed by atoms with van der Waals surface area (Å²) >= 11 is 6.06. The molecule has 0 aliphatic carbocycles. The third kappa shape index (κ3) is 3.79. The number of nitrogens with zero attached hydrogens (tertiary/aromatic N) is 2. The van der Waals surface area contributed by atoms with Gasteiger partial charge in [-0.05, 0) is 24.6 Å². The monoisotopic (exact) mass is 407 g/mol. The van der Waals surface area contributed by atoms with Gasteiger partial charge >= 0.3 is 5.97 Å². The van der Waals surface area contributed by atoms with Gasteiger partial charge in [-0.25, -0.2) is 9.50 Å². The number of ether oxygens (including phenoxy) is 1. The van der Waals surface area contributed by atoms with E-state index in [9.17, 15) is 9.59 Å². The number of nitrogens with one attached hydrogen (secondary N) is 1. The van der Waals surface area contributed by atoms with Gasteiger partial charge in [-0.3, -0.25) is 14.7 Å². The normalized spacial score (nSPS) is 11.0. The van der Waals surface area contributed by atoms with Crippen LogP contribution in [0.3, 0.4) is 0 Å². The summed E-state index contributed by atoms with van der Waals surface area (Å²) in [4.78, 5) is 29.2. The van der Waals surface area contributed by atoms with Crippen LogP contribution in [-0.4, -0.2) is 27.2 Å². The van der Waals surface area contributed by atoms with E-state index in [1.54, 1.807) is 19.1 Å². The van der Waals surface area contributed by atoms with Gasteiger partial charge in [-0.1, -0.05) is 54.1 Å². The highest BCUT2D eigenvalue weighted by Gasteiger charge is 2.19. The van der Waals surface area contributed by atoms with Gasteiger partial charge in [0.15, 0.2) is 5.65 Å². The Hall–Kier alpha value is -3.38. The zero-order chi connectivity index (χ0) is 20.4. The Morgan fingerprint density at radius 1 is 1.10 bits per heavy atom. The van der Waals surface area contributed by atoms with Gasteiger partial charge in [0.1, 0.15) is 0 Å². The Labute approximate surface area is 171 Å². The number of aromatic amines is 1. The van der Waals surface area contributed by atoms with Gasteiger partial charge in [-0.2, -0.15) is 0 Å². The van der Waals surface area contributed by atoms with E-state index in [2.05, 4.69) is 10.1 Å². The van der Waals surface area contributed by atoms with Crippen molar-refractivity contribution in [1.29, 1.82) is 0 Å². The summed E-state index contributed by atoms with van der Waals surface area (Å²) in [6.07, 6.45) is -0.0640. The molecule has 7 heteroatoms. The first-order chi connectivity index (χ1) is 14.1. The van der Waals surface area contributed by atoms with Gasteiger partial charge in [0.2, 0.25) is 0 Å². The van der Waals surface area contributed by atoms with Crippen LogP contribution in [0.4, 0.5) is 0 Å². The smallest absolute Gasteiger partial charge is 0.311 e. The molecule has 0 aliphatic rings. The highest BCUT2D eigenvalue weighted by atomic mass is 35.5. The standard InChI is InChI=1S/C22H18ClN3O3/c1-2-29-19(28)13-17-12-18(27)26-22(24-17)20(14-8-10-16(23)11-9-14)21(25-26)15-6-4-3-5-7-15/h3-12,25H,2,13H2,1H3. The molecule has 0 bridgehead atoms. The number of H-pyrrole nitrogens is 1. The minimum atomic E-state index is -0.421. The van der Waals surface area contributed by atoms with E-state index in [4.69, 9.17) is 16.3 Å². The third-order valence-electron chi connectivity index (χ3n) is 4.50. The number of carbonyl (C=O) groups excluding carboxylic acids is 1. The fraction of sp³-hybridized carbons (Fsp3) is 0.136. The number of halogens is 1. The van der Waals surface area contributed by atoms with Gasteiger partial charge in [0, 0.05) is 16.7 Å². The molecule has 4 aromatic rings. The molecule has 0 aliphatic heterocycles. The zero-order valence-corrected chi connectivity index (χ0v) is 16.4. The van der Waals surface area contributed by atoms with E-state index in [1.807, 2.05) is 42.5 Å². The molecule has 0 spiro atoms. The Kier molecular flexibility index (Phi) is 5.18. The van der Waals surface area contributed by atoms with E-state index in [1.165, 1.54) is 10.6 Å². The fourth-order valence-electron chi connectivity index (χ4n) is 3.24. The van der Waals surface area contributed by atoms with E-state index in [0.717, 1.165) is 22.4 Å². The average Bonchev–Trinajstić information content (AvgIpc) is 3.09. The second-order valence-electron chi connectivity index (χ2n) is 6.46. The Morgan fingerprint density at radius 3 is 2.52 bits per heavy atom. The zero-order valence-electron chi connectivity index (χ0n) is 15.7. The fourth-order valence-corrected chi connectivity index (χ4v) is 3.37. The maximum absolute atomic E-state index is 12.7. The van der Waals surface area contributed by atoms with Crippen molar-refractivity contribution in [2.75, 3.05) is 6.61 Å². The molecule has 0 radical (unpaired) electrons. The number of benzene rings is 2. The molecule has 0 saturated carbocycles. The Morgan fingerprint density at radius 2 is 1.83 bits per heavy atom. The lowest BCUT2D eigenvalue weighted by molar-refractivity contribution is -0.142. The molecule has 6 nitrogen and oxygen atoms in total. The van der Waals surface area contributed by atoms with E-state index in [-0.39, 0.29) is 18.6 Å². The number of rotatable bonds is 5. The van der Waals surface area contributed by atoms with Crippen LogP contribution in [0.15, 0.2) is 65.5 Å². The van der Waals surface area contributed by atoms with Crippen LogP contribution in [0.25, 0.3) is 28.0 Å². The molecular weight excluding hydrogens is 390 g/mol. The third-order valence-corrected chi connectivity index (χ3v) is 4.75. The lowest BCUT2D eigenvalue weighted by Gasteiger charge is -2.05. The summed E-state index contributed by atoms with van der Waals surface area (Å²) in [7, 11) is 0. The molecule has 0 amide bonds. The first-order valence-electron chi connectivity index (χ1n) is 9.18. The number of hydrogen-bond donors (Lipinski definition) is 1. The molecule has 0 atom stereocenters. The van der Waals surface area contributed by atoms with E-state index in [0.29, 0.717) is 16.4 Å². The van der Waals surface area contributed by atoms with Crippen molar-refractivity contribution < 1.29 is 9.53 Å². The number of carbonyl (C=O) groups is 1. The van der Waals surface area contributed by atoms with Gasteiger partial charge < -0.3 is 4.74 Å². The van der Waals surface area contributed by atoms with Crippen molar-refractivity contribution in [2.24, 2.45) is 0 Å². The van der Waals surface area contributed by atoms with Crippen molar-refractivity contribution in [3.05, 3.63) is 81.7 Å². The van der Waals surface area contributed by atoms with Crippen molar-refractivity contribution in [3.8, 4) is 22.4 Å². The Bertz CT molecular complexity index is 1230. The Balaban J connectivity index is 1.96. The SMILES string of the molecule is CCOC(=O)Cc1cc(=O)n2[nH]c(-c3ccccc3)c(-c3ccc(Cl)cc3)c2n1. The van der Waals surface area contributed by atoms with Crippen LogP contribution < -0.4 is 5.56 Å². The minimum Gasteiger partial charge on any atom is -0.466 e. The van der Waals surface area contributed by atoms with Crippen molar-refractivity contribution >= 4 is 23.2 Å². The second-order valence-corrected chi connectivity index (χ2v) is 6.90. The summed E-state index contributed by atoms with van der Waals surface area (Å²) in [5.74, 6) is -0.421. The van der Waals surface area contributed by atoms with Gasteiger partial charge in [0.25, 0.3) is 5.56 Å². The molecule has 146 valence electrons. The summed E-state index contributed by atoms with van der Waals surface area (Å²) in [5.41, 5.74) is 3.79. The lowest BCUT2D eigenvalue weighted by atomic mass is 10.0. The number of fused-ring (bicyclic) bond motifs is 1. The molecule has 0 unspecified atom stereocenters. The molecule has 2 aromatic heterocycles. The van der Waals surface area contributed by atoms with Crippen LogP contribution in [0.1, 0.15) is 12.6 Å². The van der Waals surface area contributed by atoms with E-state index >= 15 is 0 Å². The van der Waals surface area contributed by atoms with Crippen LogP contribution in [0, 0.1) is 0 Å². The number of hydrogen-bond acceptors (Lipinski definition) is 4. The summed E-state index contributed by atoms with van der Waals surface area (Å²) < 4.78 is 6.38. The number of esters is 1. The number of aromatic nitrogens is 3. The van der Waals surface area contributed by atoms with Crippen LogP contribution in [-0.2, 0) is 16.0 Å². The predicted molar refractivity (Wildman–Crippen MR) is 112 cm³/mol. The van der Waals surface area contributed by atoms with Gasteiger partial charge in [0.05, 0.1) is 30.0 Å². The molecule has 2 aromatic carbocycles. The largest absolute Gasteiger partial charge is 0.466 e. The quantitative estimate of drug-likeness (QED) is 0.505. The summed E-state index contributed by atoms with van der Waals surface area (Å²) in [6.45, 7) is 2.01. The first kappa shape index (κ1) is 19.0. The van der Waals surface area contributed by atoms with Gasteiger partial charge in [-0.15, -0.1) is 0 Å². The molecule has 2 heterocycles. The summed E-state index contributed by atoms with van der Waals surface area (Å²) in [5, 5.41) is 3.77. The topological polar surface area (TPSA) is 76.5 Å². The molecule has 0 saturated heterocycles. The second kappa shape index (κ2) is 7.93. The minimum absolute atomic E-state index is 0.0640. The van der Waals surface area contributed by atoms with Crippen molar-refractivity contribution in [1.82, 2.24) is 14.6 Å². The molecular formula is C22H18ClN3O3. The molecule has 29 heavy (non-hydrogen) atoms. The first-order valence-corrected chi connectivity index (χ1v) is 9.56. The van der Waals surface area contributed by atoms with Crippen LogP contribution >= 0.6 is 11.6 Å². The average molecular weight is 408 g/mol. The molecule has 1 N–H and O–H groups in total. The van der Waals surface area contributed by atoms with Crippen molar-refractivity contribution in [2.45, 2.75) is 13.3 Å². The molecule has 4 rings (SSSR count). The maximum Gasteiger partial charge on any atom is 0.311 e.